The number of hydrogen-bond donors (Lipinski definition) is 0. The summed E-state index contributed by atoms with van der Waals surface area (Å²) in [7, 11) is 1.64. The van der Waals surface area contributed by atoms with Gasteiger partial charge in [0.15, 0.2) is 5.75 Å². The van der Waals surface area contributed by atoms with E-state index in [0.29, 0.717) is 24.1 Å². The van der Waals surface area contributed by atoms with Gasteiger partial charge in [-0.2, -0.15) is 4.57 Å². The molecule has 1 aromatic heterocycles. The van der Waals surface area contributed by atoms with Crippen LogP contribution in [0.2, 0.25) is 0 Å². The number of amidine groups is 1. The lowest BCUT2D eigenvalue weighted by molar-refractivity contribution is -0.682. The fourth-order valence-corrected chi connectivity index (χ4v) is 3.93. The zero-order chi connectivity index (χ0) is 21.6. The lowest BCUT2D eigenvalue weighted by Gasteiger charge is -2.32. The summed E-state index contributed by atoms with van der Waals surface area (Å²) in [6.07, 6.45) is 3.23. The first-order valence-corrected chi connectivity index (χ1v) is 9.67. The van der Waals surface area contributed by atoms with E-state index in [1.807, 2.05) is 47.2 Å². The number of para-hydroxylation sites is 2. The Morgan fingerprint density at radius 1 is 1.20 bits per heavy atom. The number of carbonyl (C=O) groups is 2. The summed E-state index contributed by atoms with van der Waals surface area (Å²) in [4.78, 5) is 33.3. The van der Waals surface area contributed by atoms with E-state index in [-0.39, 0.29) is 12.5 Å². The zero-order valence-corrected chi connectivity index (χ0v) is 17.3. The first-order chi connectivity index (χ1) is 14.4. The van der Waals surface area contributed by atoms with E-state index < -0.39 is 12.1 Å². The van der Waals surface area contributed by atoms with Crippen LogP contribution in [-0.2, 0) is 4.79 Å². The highest BCUT2D eigenvalue weighted by molar-refractivity contribution is 6.19. The van der Waals surface area contributed by atoms with Crippen LogP contribution in [0.15, 0.2) is 54.6 Å². The van der Waals surface area contributed by atoms with Gasteiger partial charge in [-0.05, 0) is 26.0 Å². The second-order valence-corrected chi connectivity index (χ2v) is 7.20. The molecule has 154 valence electrons. The molecular weight excluding hydrogens is 382 g/mol. The normalized spacial score (nSPS) is 17.6. The highest BCUT2D eigenvalue weighted by Crippen LogP contribution is 2.35. The number of imide groups is 1. The van der Waals surface area contributed by atoms with E-state index in [1.54, 1.807) is 19.2 Å². The highest BCUT2D eigenvalue weighted by Gasteiger charge is 2.54. The maximum absolute atomic E-state index is 13.2. The fraction of sp³-hybridized carbons (Fsp3) is 0.273. The molecule has 4 rings (SSSR count). The Balaban J connectivity index is 1.91. The van der Waals surface area contributed by atoms with Crippen LogP contribution in [0.25, 0.3) is 5.69 Å². The van der Waals surface area contributed by atoms with Gasteiger partial charge in [0.05, 0.1) is 0 Å². The Hall–Kier alpha value is -3.68. The van der Waals surface area contributed by atoms with E-state index in [9.17, 15) is 9.59 Å². The third-order valence-electron chi connectivity index (χ3n) is 5.49. The van der Waals surface area contributed by atoms with Crippen LogP contribution in [0, 0.1) is 13.8 Å². The molecule has 2 aromatic rings. The van der Waals surface area contributed by atoms with Crippen LogP contribution in [0.4, 0.5) is 10.7 Å². The third kappa shape index (κ3) is 2.67. The molecule has 1 unspecified atom stereocenters. The van der Waals surface area contributed by atoms with Gasteiger partial charge in [0.25, 0.3) is 5.91 Å². The van der Waals surface area contributed by atoms with Crippen molar-refractivity contribution >= 4 is 23.7 Å². The Bertz CT molecular complexity index is 1110. The molecular formula is C22H24N5O3+. The van der Waals surface area contributed by atoms with E-state index in [1.165, 1.54) is 9.80 Å². The Labute approximate surface area is 175 Å². The molecule has 0 aliphatic carbocycles. The van der Waals surface area contributed by atoms with Crippen molar-refractivity contribution in [2.45, 2.75) is 19.9 Å². The van der Waals surface area contributed by atoms with Gasteiger partial charge in [-0.15, -0.1) is 6.58 Å². The number of imidazole rings is 1. The lowest BCUT2D eigenvalue weighted by Crippen LogP contribution is -2.63. The molecule has 2 aliphatic rings. The predicted molar refractivity (Wildman–Crippen MR) is 112 cm³/mol. The van der Waals surface area contributed by atoms with E-state index in [2.05, 4.69) is 13.2 Å². The van der Waals surface area contributed by atoms with Gasteiger partial charge in [0.2, 0.25) is 11.9 Å². The minimum Gasteiger partial charge on any atom is -0.486 e. The molecule has 0 N–H and O–H groups in total. The van der Waals surface area contributed by atoms with Crippen molar-refractivity contribution in [3.8, 4) is 11.4 Å². The molecule has 0 saturated carbocycles. The minimum absolute atomic E-state index is 0.151. The number of likely N-dealkylation sites (N-methyl/N-ethyl adjacent to an activating group) is 1. The van der Waals surface area contributed by atoms with Crippen molar-refractivity contribution in [1.82, 2.24) is 14.4 Å². The van der Waals surface area contributed by atoms with Crippen molar-refractivity contribution in [3.05, 3.63) is 61.0 Å². The van der Waals surface area contributed by atoms with E-state index in [0.717, 1.165) is 17.1 Å². The number of hydrogen-bond acceptors (Lipinski definition) is 4. The molecule has 30 heavy (non-hydrogen) atoms. The van der Waals surface area contributed by atoms with Gasteiger partial charge in [0.1, 0.15) is 23.7 Å². The molecule has 1 aromatic carbocycles. The van der Waals surface area contributed by atoms with E-state index in [4.69, 9.17) is 9.73 Å². The van der Waals surface area contributed by atoms with Gasteiger partial charge in [0, 0.05) is 13.6 Å². The van der Waals surface area contributed by atoms with Crippen LogP contribution >= 0.6 is 0 Å². The van der Waals surface area contributed by atoms with Gasteiger partial charge in [-0.1, -0.05) is 35.9 Å². The summed E-state index contributed by atoms with van der Waals surface area (Å²) in [5, 5.41) is 0. The maximum atomic E-state index is 13.2. The number of fused-ring (bicyclic) bond motifs is 3. The number of aromatic nitrogens is 2. The summed E-state index contributed by atoms with van der Waals surface area (Å²) in [5.74, 6) is 1.37. The zero-order valence-electron chi connectivity index (χ0n) is 17.3. The first kappa shape index (κ1) is 19.6. The average molecular weight is 406 g/mol. The largest absolute Gasteiger partial charge is 0.486 e. The summed E-state index contributed by atoms with van der Waals surface area (Å²) in [6, 6.07) is 6.54. The van der Waals surface area contributed by atoms with Gasteiger partial charge in [-0.25, -0.2) is 9.36 Å². The quantitative estimate of drug-likeness (QED) is 0.547. The summed E-state index contributed by atoms with van der Waals surface area (Å²) < 4.78 is 9.69. The van der Waals surface area contributed by atoms with Gasteiger partial charge < -0.3 is 4.74 Å². The average Bonchev–Trinajstić information content (AvgIpc) is 3.24. The first-order valence-electron chi connectivity index (χ1n) is 9.67. The van der Waals surface area contributed by atoms with Crippen molar-refractivity contribution in [2.75, 3.05) is 20.2 Å². The molecule has 3 heterocycles. The fourth-order valence-electron chi connectivity index (χ4n) is 3.93. The number of amides is 3. The Morgan fingerprint density at radius 3 is 2.63 bits per heavy atom. The number of benzene rings is 1. The molecule has 8 nitrogen and oxygen atoms in total. The monoisotopic (exact) mass is 406 g/mol. The third-order valence-corrected chi connectivity index (χ3v) is 5.49. The topological polar surface area (TPSA) is 71.0 Å². The number of rotatable bonds is 6. The number of urea groups is 1. The number of ether oxygens (including phenoxy) is 1. The molecule has 1 atom stereocenters. The standard InChI is InChI=1S/C22H24N5O3/c1-6-12-25-20(28)18-19(24(5)22(25)29)23-21-26(14(3)15(4)27(18)21)16-10-8-9-11-17(16)30-13-7-2/h6-11,18H,1-2,12-13H2,3-5H3/q+1. The predicted octanol–water partition coefficient (Wildman–Crippen LogP) is 2.61. The Kier molecular flexibility index (Phi) is 4.77. The number of carbonyl (C=O) groups excluding carboxylic acids is 2. The molecule has 0 spiro atoms. The smallest absolute Gasteiger partial charge is 0.407 e. The van der Waals surface area contributed by atoms with Crippen molar-refractivity contribution in [1.29, 1.82) is 0 Å². The number of aliphatic imine (C=N–C) groups is 1. The molecule has 8 heteroatoms. The summed E-state index contributed by atoms with van der Waals surface area (Å²) in [6.45, 7) is 11.8. The van der Waals surface area contributed by atoms with E-state index >= 15 is 0 Å². The summed E-state index contributed by atoms with van der Waals surface area (Å²) in [5.41, 5.74) is 2.63. The minimum atomic E-state index is -0.691. The SMILES string of the molecule is C=CCOc1ccccc1-n1c(C)c(C)[n+]2c1N=C1C2C(=O)N(CC=C)C(=O)N1C. The second-order valence-electron chi connectivity index (χ2n) is 7.20. The second kappa shape index (κ2) is 7.29. The molecule has 3 amide bonds. The summed E-state index contributed by atoms with van der Waals surface area (Å²) >= 11 is 0. The van der Waals surface area contributed by atoms with Crippen molar-refractivity contribution < 1.29 is 18.9 Å². The van der Waals surface area contributed by atoms with Crippen LogP contribution in [0.5, 0.6) is 5.75 Å². The number of nitrogens with zero attached hydrogens (tertiary/aromatic N) is 5. The van der Waals surface area contributed by atoms with Gasteiger partial charge in [-0.3, -0.25) is 14.6 Å². The van der Waals surface area contributed by atoms with Crippen molar-refractivity contribution in [2.24, 2.45) is 4.99 Å². The molecule has 1 fully saturated rings. The van der Waals surface area contributed by atoms with Crippen molar-refractivity contribution in [3.63, 3.8) is 0 Å². The van der Waals surface area contributed by atoms with Crippen LogP contribution in [0.1, 0.15) is 17.4 Å². The Morgan fingerprint density at radius 2 is 1.93 bits per heavy atom. The molecule has 0 bridgehead atoms. The lowest BCUT2D eigenvalue weighted by atomic mass is 10.1. The maximum Gasteiger partial charge on any atom is 0.407 e. The molecule has 2 aliphatic heterocycles. The van der Waals surface area contributed by atoms with Crippen LogP contribution in [-0.4, -0.2) is 52.3 Å². The van der Waals surface area contributed by atoms with Crippen LogP contribution in [0.3, 0.4) is 0 Å². The van der Waals surface area contributed by atoms with Crippen LogP contribution < -0.4 is 9.30 Å². The molecule has 0 radical (unpaired) electrons. The molecule has 1 saturated heterocycles. The highest BCUT2D eigenvalue weighted by atomic mass is 16.5. The van der Waals surface area contributed by atoms with Gasteiger partial charge >= 0.3 is 12.0 Å².